The third kappa shape index (κ3) is 5.16. The highest BCUT2D eigenvalue weighted by Crippen LogP contribution is 2.15. The second-order valence-corrected chi connectivity index (χ2v) is 6.23. The van der Waals surface area contributed by atoms with Crippen molar-refractivity contribution < 1.29 is 17.4 Å². The van der Waals surface area contributed by atoms with E-state index in [1.54, 1.807) is 26.0 Å². The molecule has 108 valence electrons. The van der Waals surface area contributed by atoms with Crippen LogP contribution in [0.3, 0.4) is 0 Å². The average Bonchev–Trinajstić information content (AvgIpc) is 2.35. The molecule has 0 fully saturated rings. The van der Waals surface area contributed by atoms with E-state index in [4.69, 9.17) is 10.6 Å². The number of carbonyl (C=O) groups excluding carboxylic acids is 1. The lowest BCUT2D eigenvalue weighted by Gasteiger charge is -2.08. The summed E-state index contributed by atoms with van der Waals surface area (Å²) in [5.74, 6) is 2.45. The summed E-state index contributed by atoms with van der Waals surface area (Å²) in [6, 6.07) is 6.12. The van der Waals surface area contributed by atoms with Crippen molar-refractivity contribution in [1.82, 2.24) is 0 Å². The summed E-state index contributed by atoms with van der Waals surface area (Å²) in [6.07, 6.45) is 5.70. The topological polar surface area (TPSA) is 60.4 Å². The van der Waals surface area contributed by atoms with Crippen LogP contribution < -0.4 is 0 Å². The molecule has 0 N–H and O–H groups in total. The molecule has 1 rings (SSSR count). The first-order valence-electron chi connectivity index (χ1n) is 6.32. The highest BCUT2D eigenvalue weighted by atomic mass is 32.2. The maximum Gasteiger partial charge on any atom is 0.297 e. The Kier molecular flexibility index (Phi) is 5.93. The number of ketones is 1. The van der Waals surface area contributed by atoms with Crippen LogP contribution in [0.2, 0.25) is 0 Å². The molecule has 0 atom stereocenters. The van der Waals surface area contributed by atoms with Gasteiger partial charge in [-0.2, -0.15) is 8.42 Å². The molecule has 0 saturated heterocycles. The van der Waals surface area contributed by atoms with Gasteiger partial charge in [-0.15, -0.1) is 12.3 Å². The fourth-order valence-electron chi connectivity index (χ4n) is 1.61. The van der Waals surface area contributed by atoms with Gasteiger partial charge in [-0.05, 0) is 31.5 Å². The van der Waals surface area contributed by atoms with Gasteiger partial charge in [0.1, 0.15) is 5.78 Å². The molecule has 0 spiro atoms. The minimum absolute atomic E-state index is 0.0389. The van der Waals surface area contributed by atoms with Crippen LogP contribution in [-0.4, -0.2) is 20.3 Å². The molecule has 0 saturated carbocycles. The number of hydrogen-bond acceptors (Lipinski definition) is 4. The van der Waals surface area contributed by atoms with Crippen molar-refractivity contribution in [1.29, 1.82) is 0 Å². The molecular weight excluding hydrogens is 276 g/mol. The summed E-state index contributed by atoms with van der Waals surface area (Å²) < 4.78 is 28.5. The first-order chi connectivity index (χ1) is 9.35. The van der Waals surface area contributed by atoms with Gasteiger partial charge in [-0.3, -0.25) is 8.98 Å². The lowest BCUT2D eigenvalue weighted by Crippen LogP contribution is -2.12. The van der Waals surface area contributed by atoms with Crippen LogP contribution in [0.4, 0.5) is 0 Å². The SMILES string of the molecule is C#CCCC(=O)Cc1ccc(S(=O)(=O)OC(C)C)cc1. The van der Waals surface area contributed by atoms with Crippen molar-refractivity contribution in [2.24, 2.45) is 0 Å². The quantitative estimate of drug-likeness (QED) is 0.572. The highest BCUT2D eigenvalue weighted by molar-refractivity contribution is 7.86. The van der Waals surface area contributed by atoms with E-state index < -0.39 is 16.2 Å². The second-order valence-electron chi connectivity index (χ2n) is 4.66. The Balaban J connectivity index is 2.75. The molecule has 0 amide bonds. The van der Waals surface area contributed by atoms with Crippen LogP contribution in [-0.2, 0) is 25.5 Å². The minimum Gasteiger partial charge on any atom is -0.299 e. The second kappa shape index (κ2) is 7.22. The average molecular weight is 294 g/mol. The smallest absolute Gasteiger partial charge is 0.297 e. The Hall–Kier alpha value is -1.64. The van der Waals surface area contributed by atoms with Crippen LogP contribution in [0.25, 0.3) is 0 Å². The standard InChI is InChI=1S/C15H18O4S/c1-4-5-6-14(16)11-13-7-9-15(10-8-13)20(17,18)19-12(2)3/h1,7-10,12H,5-6,11H2,2-3H3. The van der Waals surface area contributed by atoms with E-state index in [9.17, 15) is 13.2 Å². The minimum atomic E-state index is -3.73. The molecule has 0 bridgehead atoms. The molecule has 1 aromatic rings. The summed E-state index contributed by atoms with van der Waals surface area (Å²) in [5, 5.41) is 0. The number of hydrogen-bond donors (Lipinski definition) is 0. The van der Waals surface area contributed by atoms with E-state index in [1.165, 1.54) is 12.1 Å². The molecule has 0 aliphatic carbocycles. The Bertz CT molecular complexity index is 592. The Morgan fingerprint density at radius 1 is 1.30 bits per heavy atom. The fourth-order valence-corrected chi connectivity index (χ4v) is 2.70. The summed E-state index contributed by atoms with van der Waals surface area (Å²) in [7, 11) is -3.73. The van der Waals surface area contributed by atoms with E-state index in [0.717, 1.165) is 5.56 Å². The maximum atomic E-state index is 11.8. The van der Waals surface area contributed by atoms with E-state index in [-0.39, 0.29) is 17.1 Å². The van der Waals surface area contributed by atoms with Crippen LogP contribution in [0.15, 0.2) is 29.2 Å². The number of benzene rings is 1. The molecule has 0 unspecified atom stereocenters. The molecule has 1 aromatic carbocycles. The zero-order valence-corrected chi connectivity index (χ0v) is 12.4. The zero-order chi connectivity index (χ0) is 15.2. The first kappa shape index (κ1) is 16.4. The van der Waals surface area contributed by atoms with Gasteiger partial charge in [0.25, 0.3) is 10.1 Å². The zero-order valence-electron chi connectivity index (χ0n) is 11.6. The third-order valence-corrected chi connectivity index (χ3v) is 3.97. The van der Waals surface area contributed by atoms with E-state index in [0.29, 0.717) is 12.8 Å². The maximum absolute atomic E-state index is 11.8. The molecular formula is C15H18O4S. The third-order valence-electron chi connectivity index (χ3n) is 2.48. The predicted molar refractivity (Wildman–Crippen MR) is 76.6 cm³/mol. The van der Waals surface area contributed by atoms with Gasteiger partial charge in [0.2, 0.25) is 0 Å². The number of carbonyl (C=O) groups is 1. The number of Topliss-reactive ketones (excluding diaryl/α,β-unsaturated/α-hetero) is 1. The van der Waals surface area contributed by atoms with Crippen LogP contribution in [0.5, 0.6) is 0 Å². The summed E-state index contributed by atoms with van der Waals surface area (Å²) in [6.45, 7) is 3.30. The van der Waals surface area contributed by atoms with Crippen molar-refractivity contribution in [2.45, 2.75) is 44.1 Å². The summed E-state index contributed by atoms with van der Waals surface area (Å²) in [4.78, 5) is 11.6. The number of rotatable bonds is 7. The largest absolute Gasteiger partial charge is 0.299 e. The molecule has 0 radical (unpaired) electrons. The normalized spacial score (nSPS) is 11.3. The molecule has 0 aliphatic heterocycles. The van der Waals surface area contributed by atoms with E-state index >= 15 is 0 Å². The molecule has 0 heterocycles. The van der Waals surface area contributed by atoms with Gasteiger partial charge in [-0.25, -0.2) is 0 Å². The predicted octanol–water partition coefficient (Wildman–Crippen LogP) is 2.33. The molecule has 20 heavy (non-hydrogen) atoms. The molecule has 0 aromatic heterocycles. The summed E-state index contributed by atoms with van der Waals surface area (Å²) in [5.41, 5.74) is 0.760. The van der Waals surface area contributed by atoms with Crippen molar-refractivity contribution in [3.05, 3.63) is 29.8 Å². The molecule has 0 aliphatic rings. The van der Waals surface area contributed by atoms with Gasteiger partial charge in [0, 0.05) is 19.3 Å². The molecule has 4 nitrogen and oxygen atoms in total. The van der Waals surface area contributed by atoms with Crippen molar-refractivity contribution in [2.75, 3.05) is 0 Å². The van der Waals surface area contributed by atoms with Gasteiger partial charge >= 0.3 is 0 Å². The van der Waals surface area contributed by atoms with E-state index in [2.05, 4.69) is 5.92 Å². The van der Waals surface area contributed by atoms with Gasteiger partial charge in [0.15, 0.2) is 0 Å². The lowest BCUT2D eigenvalue weighted by molar-refractivity contribution is -0.118. The fraction of sp³-hybridized carbons (Fsp3) is 0.400. The van der Waals surface area contributed by atoms with E-state index in [1.807, 2.05) is 0 Å². The van der Waals surface area contributed by atoms with Gasteiger partial charge < -0.3 is 0 Å². The van der Waals surface area contributed by atoms with Crippen LogP contribution in [0, 0.1) is 12.3 Å². The Morgan fingerprint density at radius 2 is 1.90 bits per heavy atom. The Morgan fingerprint density at radius 3 is 2.40 bits per heavy atom. The van der Waals surface area contributed by atoms with Gasteiger partial charge in [-0.1, -0.05) is 12.1 Å². The van der Waals surface area contributed by atoms with Crippen molar-refractivity contribution >= 4 is 15.9 Å². The first-order valence-corrected chi connectivity index (χ1v) is 7.73. The highest BCUT2D eigenvalue weighted by Gasteiger charge is 2.16. The molecule has 5 heteroatoms. The van der Waals surface area contributed by atoms with Crippen LogP contribution in [0.1, 0.15) is 32.3 Å². The summed E-state index contributed by atoms with van der Waals surface area (Å²) >= 11 is 0. The lowest BCUT2D eigenvalue weighted by atomic mass is 10.1. The number of terminal acetylenes is 1. The van der Waals surface area contributed by atoms with Crippen molar-refractivity contribution in [3.8, 4) is 12.3 Å². The Labute approximate surface area is 120 Å². The van der Waals surface area contributed by atoms with Crippen LogP contribution >= 0.6 is 0 Å². The van der Waals surface area contributed by atoms with Gasteiger partial charge in [0.05, 0.1) is 11.0 Å². The van der Waals surface area contributed by atoms with Crippen molar-refractivity contribution in [3.63, 3.8) is 0 Å². The monoisotopic (exact) mass is 294 g/mol.